The van der Waals surface area contributed by atoms with E-state index in [1.807, 2.05) is 6.92 Å². The van der Waals surface area contributed by atoms with Crippen LogP contribution in [0.4, 0.5) is 13.2 Å². The summed E-state index contributed by atoms with van der Waals surface area (Å²) < 4.78 is 44.4. The number of nitrogens with one attached hydrogen (secondary N) is 2. The van der Waals surface area contributed by atoms with Gasteiger partial charge in [0.25, 0.3) is 0 Å². The predicted molar refractivity (Wildman–Crippen MR) is 86.2 cm³/mol. The summed E-state index contributed by atoms with van der Waals surface area (Å²) in [5.41, 5.74) is 1.80. The molecule has 2 rings (SSSR count). The van der Waals surface area contributed by atoms with Gasteiger partial charge in [-0.05, 0) is 37.3 Å². The molecule has 0 saturated carbocycles. The lowest BCUT2D eigenvalue weighted by Crippen LogP contribution is -2.31. The first-order valence-corrected chi connectivity index (χ1v) is 7.16. The second-order valence-electron chi connectivity index (χ2n) is 4.47. The molecule has 0 saturated heterocycles. The Balaban J connectivity index is 2.17. The van der Waals surface area contributed by atoms with Gasteiger partial charge in [-0.2, -0.15) is 18.3 Å². The van der Waals surface area contributed by atoms with Gasteiger partial charge in [-0.25, -0.2) is 0 Å². The van der Waals surface area contributed by atoms with Crippen LogP contribution in [0.3, 0.4) is 0 Å². The number of hydrazone groups is 1. The summed E-state index contributed by atoms with van der Waals surface area (Å²) in [6.45, 7) is 2.54. The van der Waals surface area contributed by atoms with Crippen molar-refractivity contribution in [2.45, 2.75) is 13.1 Å². The van der Waals surface area contributed by atoms with E-state index in [9.17, 15) is 13.2 Å². The Labute approximate surface area is 136 Å². The van der Waals surface area contributed by atoms with Crippen molar-refractivity contribution in [2.24, 2.45) is 5.10 Å². The largest absolute Gasteiger partial charge is 0.455 e. The molecule has 1 aromatic heterocycles. The van der Waals surface area contributed by atoms with Crippen molar-refractivity contribution in [3.8, 4) is 11.3 Å². The van der Waals surface area contributed by atoms with Crippen LogP contribution in [0.5, 0.6) is 0 Å². The molecule has 8 heteroatoms. The summed E-state index contributed by atoms with van der Waals surface area (Å²) >= 11 is 4.92. The van der Waals surface area contributed by atoms with E-state index < -0.39 is 11.7 Å². The molecule has 23 heavy (non-hydrogen) atoms. The Morgan fingerprint density at radius 1 is 1.26 bits per heavy atom. The number of hydrogen-bond acceptors (Lipinski definition) is 3. The Morgan fingerprint density at radius 2 is 2.00 bits per heavy atom. The number of alkyl halides is 3. The standard InChI is InChI=1S/C15H14F3N3OS/c1-2-19-14(23)21-20-9-10-7-8-13(22-10)11-5-3-4-6-12(11)15(16,17)18/h3-9H,2H2,1H3,(H2,19,21,23)/b20-9-. The van der Waals surface area contributed by atoms with Crippen LogP contribution >= 0.6 is 12.2 Å². The van der Waals surface area contributed by atoms with Crippen LogP contribution in [-0.2, 0) is 6.18 Å². The molecule has 0 spiro atoms. The van der Waals surface area contributed by atoms with Crippen LogP contribution in [0.15, 0.2) is 45.9 Å². The lowest BCUT2D eigenvalue weighted by atomic mass is 10.1. The summed E-state index contributed by atoms with van der Waals surface area (Å²) in [7, 11) is 0. The minimum absolute atomic E-state index is 0.0178. The van der Waals surface area contributed by atoms with Crippen molar-refractivity contribution >= 4 is 23.5 Å². The van der Waals surface area contributed by atoms with Crippen molar-refractivity contribution in [1.82, 2.24) is 10.7 Å². The molecule has 0 bridgehead atoms. The molecule has 0 fully saturated rings. The summed E-state index contributed by atoms with van der Waals surface area (Å²) in [5, 5.41) is 7.03. The van der Waals surface area contributed by atoms with E-state index in [1.165, 1.54) is 36.5 Å². The van der Waals surface area contributed by atoms with E-state index >= 15 is 0 Å². The average Bonchev–Trinajstić information content (AvgIpc) is 2.95. The van der Waals surface area contributed by atoms with Gasteiger partial charge in [0.2, 0.25) is 0 Å². The Bertz CT molecular complexity index is 710. The molecule has 1 heterocycles. The van der Waals surface area contributed by atoms with Crippen molar-refractivity contribution in [1.29, 1.82) is 0 Å². The maximum atomic E-state index is 13.0. The smallest absolute Gasteiger partial charge is 0.417 e. The number of halogens is 3. The highest BCUT2D eigenvalue weighted by molar-refractivity contribution is 7.80. The van der Waals surface area contributed by atoms with Crippen molar-refractivity contribution in [3.05, 3.63) is 47.7 Å². The van der Waals surface area contributed by atoms with Gasteiger partial charge in [0, 0.05) is 12.1 Å². The van der Waals surface area contributed by atoms with Gasteiger partial charge >= 0.3 is 6.18 Å². The molecule has 0 amide bonds. The number of benzene rings is 1. The molecule has 0 aliphatic carbocycles. The molecular formula is C15H14F3N3OS. The summed E-state index contributed by atoms with van der Waals surface area (Å²) in [6, 6.07) is 8.24. The summed E-state index contributed by atoms with van der Waals surface area (Å²) in [4.78, 5) is 0. The zero-order chi connectivity index (χ0) is 16.9. The average molecular weight is 341 g/mol. The van der Waals surface area contributed by atoms with Crippen LogP contribution in [-0.4, -0.2) is 17.9 Å². The predicted octanol–water partition coefficient (Wildman–Crippen LogP) is 3.78. The van der Waals surface area contributed by atoms with Gasteiger partial charge < -0.3 is 9.73 Å². The highest BCUT2D eigenvalue weighted by Crippen LogP contribution is 2.37. The second-order valence-corrected chi connectivity index (χ2v) is 4.88. The SMILES string of the molecule is CCNC(=S)N/N=C\c1ccc(-c2ccccc2C(F)(F)F)o1. The lowest BCUT2D eigenvalue weighted by molar-refractivity contribution is -0.137. The molecule has 2 N–H and O–H groups in total. The molecule has 0 atom stereocenters. The van der Waals surface area contributed by atoms with Gasteiger partial charge in [0.1, 0.15) is 11.5 Å². The maximum Gasteiger partial charge on any atom is 0.417 e. The number of thiocarbonyl (C=S) groups is 1. The van der Waals surface area contributed by atoms with E-state index in [1.54, 1.807) is 0 Å². The van der Waals surface area contributed by atoms with E-state index in [4.69, 9.17) is 16.6 Å². The fourth-order valence-corrected chi connectivity index (χ4v) is 2.06. The number of hydrogen-bond donors (Lipinski definition) is 2. The Morgan fingerprint density at radius 3 is 2.70 bits per heavy atom. The van der Waals surface area contributed by atoms with Gasteiger partial charge in [0.15, 0.2) is 5.11 Å². The van der Waals surface area contributed by atoms with Crippen LogP contribution in [0.2, 0.25) is 0 Å². The fourth-order valence-electron chi connectivity index (χ4n) is 1.87. The Kier molecular flexibility index (Phi) is 5.38. The molecule has 0 aliphatic heterocycles. The molecule has 0 unspecified atom stereocenters. The van der Waals surface area contributed by atoms with Crippen molar-refractivity contribution < 1.29 is 17.6 Å². The van der Waals surface area contributed by atoms with Crippen molar-refractivity contribution in [2.75, 3.05) is 6.54 Å². The first-order valence-electron chi connectivity index (χ1n) is 6.75. The number of rotatable bonds is 4. The van der Waals surface area contributed by atoms with Crippen LogP contribution in [0, 0.1) is 0 Å². The molecular weight excluding hydrogens is 327 g/mol. The highest BCUT2D eigenvalue weighted by Gasteiger charge is 2.34. The van der Waals surface area contributed by atoms with Crippen LogP contribution in [0.1, 0.15) is 18.2 Å². The molecule has 1 aromatic carbocycles. The minimum atomic E-state index is -4.45. The molecule has 0 aliphatic rings. The first-order chi connectivity index (χ1) is 10.9. The van der Waals surface area contributed by atoms with Gasteiger partial charge in [-0.1, -0.05) is 18.2 Å². The van der Waals surface area contributed by atoms with E-state index in [0.29, 0.717) is 17.4 Å². The van der Waals surface area contributed by atoms with Gasteiger partial charge in [-0.15, -0.1) is 0 Å². The topological polar surface area (TPSA) is 49.6 Å². The lowest BCUT2D eigenvalue weighted by Gasteiger charge is -2.10. The molecule has 4 nitrogen and oxygen atoms in total. The monoisotopic (exact) mass is 341 g/mol. The van der Waals surface area contributed by atoms with E-state index in [2.05, 4.69) is 15.8 Å². The quantitative estimate of drug-likeness (QED) is 0.505. The van der Waals surface area contributed by atoms with E-state index in [-0.39, 0.29) is 11.3 Å². The Hall–Kier alpha value is -2.35. The fraction of sp³-hybridized carbons (Fsp3) is 0.200. The van der Waals surface area contributed by atoms with Crippen LogP contribution < -0.4 is 10.7 Å². The highest BCUT2D eigenvalue weighted by atomic mass is 32.1. The molecule has 122 valence electrons. The third-order valence-electron chi connectivity index (χ3n) is 2.82. The van der Waals surface area contributed by atoms with Crippen LogP contribution in [0.25, 0.3) is 11.3 Å². The maximum absolute atomic E-state index is 13.0. The first kappa shape index (κ1) is 17.0. The number of furan rings is 1. The zero-order valence-corrected chi connectivity index (χ0v) is 13.0. The van der Waals surface area contributed by atoms with E-state index in [0.717, 1.165) is 6.07 Å². The number of nitrogens with zero attached hydrogens (tertiary/aromatic N) is 1. The third kappa shape index (κ3) is 4.56. The second kappa shape index (κ2) is 7.28. The van der Waals surface area contributed by atoms with Gasteiger partial charge in [0.05, 0.1) is 11.8 Å². The zero-order valence-electron chi connectivity index (χ0n) is 12.1. The molecule has 2 aromatic rings. The molecule has 0 radical (unpaired) electrons. The normalized spacial score (nSPS) is 11.7. The summed E-state index contributed by atoms with van der Waals surface area (Å²) in [6.07, 6.45) is -3.11. The van der Waals surface area contributed by atoms with Gasteiger partial charge in [-0.3, -0.25) is 5.43 Å². The third-order valence-corrected chi connectivity index (χ3v) is 3.06. The minimum Gasteiger partial charge on any atom is -0.455 e. The summed E-state index contributed by atoms with van der Waals surface area (Å²) in [5.74, 6) is 0.428. The van der Waals surface area contributed by atoms with Crippen molar-refractivity contribution in [3.63, 3.8) is 0 Å².